The van der Waals surface area contributed by atoms with Gasteiger partial charge in [-0.2, -0.15) is 0 Å². The van der Waals surface area contributed by atoms with Crippen molar-refractivity contribution in [2.24, 2.45) is 0 Å². The summed E-state index contributed by atoms with van der Waals surface area (Å²) in [6, 6.07) is 0. The number of hydrogen-bond donors (Lipinski definition) is 1. The molecule has 1 N–H and O–H groups in total. The molecule has 0 aromatic carbocycles. The number of carbonyl (C=O) groups excluding carboxylic acids is 1. The van der Waals surface area contributed by atoms with Crippen LogP contribution in [0.4, 0.5) is 0 Å². The number of carbonyl (C=O) groups is 1. The van der Waals surface area contributed by atoms with E-state index in [2.05, 4.69) is 11.9 Å². The van der Waals surface area contributed by atoms with Gasteiger partial charge in [-0.05, 0) is 6.92 Å². The Kier molecular flexibility index (Phi) is 4.58. The molecule has 0 saturated heterocycles. The monoisotopic (exact) mass is 143 g/mol. The molecule has 0 heterocycles. The van der Waals surface area contributed by atoms with Crippen LogP contribution < -0.4 is 5.32 Å². The second-order valence-electron chi connectivity index (χ2n) is 1.98. The fourth-order valence-corrected chi connectivity index (χ4v) is 0.343. The van der Waals surface area contributed by atoms with Crippen molar-refractivity contribution in [2.45, 2.75) is 20.0 Å². The second kappa shape index (κ2) is 4.99. The molecule has 0 rings (SSSR count). The third-order valence-corrected chi connectivity index (χ3v) is 0.999. The number of ether oxygens (including phenoxy) is 1. The van der Waals surface area contributed by atoms with Crippen LogP contribution in [0.2, 0.25) is 0 Å². The molecule has 0 aliphatic heterocycles. The van der Waals surface area contributed by atoms with Gasteiger partial charge in [0.25, 0.3) is 0 Å². The van der Waals surface area contributed by atoms with Gasteiger partial charge in [-0.1, -0.05) is 6.08 Å². The highest BCUT2D eigenvalue weighted by atomic mass is 16.5. The molecule has 0 spiro atoms. The van der Waals surface area contributed by atoms with Gasteiger partial charge in [-0.15, -0.1) is 6.58 Å². The van der Waals surface area contributed by atoms with E-state index in [-0.39, 0.29) is 18.7 Å². The topological polar surface area (TPSA) is 38.3 Å². The normalized spacial score (nSPS) is 12.2. The van der Waals surface area contributed by atoms with Crippen LogP contribution >= 0.6 is 0 Å². The lowest BCUT2D eigenvalue weighted by Gasteiger charge is -2.07. The SMILES string of the molecule is C=C[C@H](C)OCNC(C)=O. The van der Waals surface area contributed by atoms with Crippen molar-refractivity contribution in [3.05, 3.63) is 12.7 Å². The first-order valence-corrected chi connectivity index (χ1v) is 3.15. The first kappa shape index (κ1) is 9.17. The van der Waals surface area contributed by atoms with Gasteiger partial charge in [0, 0.05) is 6.92 Å². The van der Waals surface area contributed by atoms with Gasteiger partial charge in [-0.3, -0.25) is 4.79 Å². The summed E-state index contributed by atoms with van der Waals surface area (Å²) in [5.41, 5.74) is 0. The minimum absolute atomic E-state index is 0.00755. The van der Waals surface area contributed by atoms with E-state index in [1.165, 1.54) is 6.92 Å². The third-order valence-electron chi connectivity index (χ3n) is 0.999. The van der Waals surface area contributed by atoms with E-state index in [4.69, 9.17) is 4.74 Å². The van der Waals surface area contributed by atoms with Gasteiger partial charge >= 0.3 is 0 Å². The average Bonchev–Trinajstić information content (AvgIpc) is 1.87. The maximum atomic E-state index is 10.3. The van der Waals surface area contributed by atoms with E-state index < -0.39 is 0 Å². The molecule has 0 fully saturated rings. The standard InChI is InChI=1S/C7H13NO2/c1-4-6(2)10-5-8-7(3)9/h4,6H,1,5H2,2-3H3,(H,8,9)/t6-/m0/s1. The molecule has 58 valence electrons. The first-order valence-electron chi connectivity index (χ1n) is 3.15. The van der Waals surface area contributed by atoms with Crippen LogP contribution in [0.15, 0.2) is 12.7 Å². The van der Waals surface area contributed by atoms with Crippen molar-refractivity contribution in [1.82, 2.24) is 5.32 Å². The maximum absolute atomic E-state index is 10.3. The van der Waals surface area contributed by atoms with E-state index in [1.807, 2.05) is 6.92 Å². The van der Waals surface area contributed by atoms with E-state index in [0.717, 1.165) is 0 Å². The molecular formula is C7H13NO2. The summed E-state index contributed by atoms with van der Waals surface area (Å²) in [7, 11) is 0. The summed E-state index contributed by atoms with van der Waals surface area (Å²) < 4.78 is 5.05. The van der Waals surface area contributed by atoms with Crippen LogP contribution in [0.3, 0.4) is 0 Å². The summed E-state index contributed by atoms with van der Waals surface area (Å²) in [6.45, 7) is 7.08. The van der Waals surface area contributed by atoms with Crippen LogP contribution in [-0.4, -0.2) is 18.7 Å². The lowest BCUT2D eigenvalue weighted by atomic mass is 10.4. The highest BCUT2D eigenvalue weighted by molar-refractivity contribution is 5.72. The Bertz CT molecular complexity index is 123. The van der Waals surface area contributed by atoms with Crippen LogP contribution in [0.1, 0.15) is 13.8 Å². The van der Waals surface area contributed by atoms with Crippen LogP contribution in [-0.2, 0) is 9.53 Å². The minimum atomic E-state index is -0.0868. The highest BCUT2D eigenvalue weighted by Crippen LogP contribution is 1.87. The van der Waals surface area contributed by atoms with Crippen molar-refractivity contribution in [1.29, 1.82) is 0 Å². The smallest absolute Gasteiger partial charge is 0.218 e. The molecule has 0 aromatic rings. The van der Waals surface area contributed by atoms with Crippen LogP contribution in [0.25, 0.3) is 0 Å². The zero-order valence-corrected chi connectivity index (χ0v) is 6.39. The average molecular weight is 143 g/mol. The molecule has 0 bridgehead atoms. The van der Waals surface area contributed by atoms with Gasteiger partial charge in [0.15, 0.2) is 0 Å². The predicted molar refractivity (Wildman–Crippen MR) is 39.4 cm³/mol. The molecule has 0 unspecified atom stereocenters. The quantitative estimate of drug-likeness (QED) is 0.464. The molecule has 1 amide bonds. The Hall–Kier alpha value is -0.830. The summed E-state index contributed by atoms with van der Waals surface area (Å²) in [6.07, 6.45) is 1.66. The Morgan fingerprint density at radius 3 is 2.90 bits per heavy atom. The molecule has 3 nitrogen and oxygen atoms in total. The summed E-state index contributed by atoms with van der Waals surface area (Å²) >= 11 is 0. The van der Waals surface area contributed by atoms with E-state index in [9.17, 15) is 4.79 Å². The number of hydrogen-bond acceptors (Lipinski definition) is 2. The molecule has 0 radical (unpaired) electrons. The largest absolute Gasteiger partial charge is 0.354 e. The van der Waals surface area contributed by atoms with E-state index >= 15 is 0 Å². The zero-order chi connectivity index (χ0) is 7.98. The number of nitrogens with one attached hydrogen (secondary N) is 1. The van der Waals surface area contributed by atoms with Crippen molar-refractivity contribution >= 4 is 5.91 Å². The number of rotatable bonds is 4. The molecule has 0 saturated carbocycles. The predicted octanol–water partition coefficient (Wildman–Crippen LogP) is 0.671. The first-order chi connectivity index (χ1) is 4.66. The maximum Gasteiger partial charge on any atom is 0.218 e. The molecule has 0 aromatic heterocycles. The van der Waals surface area contributed by atoms with Crippen LogP contribution in [0, 0.1) is 0 Å². The molecular weight excluding hydrogens is 130 g/mol. The van der Waals surface area contributed by atoms with Crippen molar-refractivity contribution in [3.8, 4) is 0 Å². The summed E-state index contributed by atoms with van der Waals surface area (Å²) in [5.74, 6) is -0.0868. The Labute approximate surface area is 61.1 Å². The molecule has 0 aliphatic rings. The van der Waals surface area contributed by atoms with Gasteiger partial charge in [0.05, 0.1) is 6.10 Å². The zero-order valence-electron chi connectivity index (χ0n) is 6.39. The third kappa shape index (κ3) is 5.31. The van der Waals surface area contributed by atoms with E-state index in [0.29, 0.717) is 0 Å². The van der Waals surface area contributed by atoms with Gasteiger partial charge in [0.1, 0.15) is 6.73 Å². The van der Waals surface area contributed by atoms with Crippen LogP contribution in [0.5, 0.6) is 0 Å². The lowest BCUT2D eigenvalue weighted by molar-refractivity contribution is -0.120. The molecule has 0 aliphatic carbocycles. The van der Waals surface area contributed by atoms with Crippen molar-refractivity contribution in [3.63, 3.8) is 0 Å². The fraction of sp³-hybridized carbons (Fsp3) is 0.571. The Morgan fingerprint density at radius 2 is 2.50 bits per heavy atom. The molecule has 10 heavy (non-hydrogen) atoms. The second-order valence-corrected chi connectivity index (χ2v) is 1.98. The van der Waals surface area contributed by atoms with Gasteiger partial charge < -0.3 is 10.1 Å². The van der Waals surface area contributed by atoms with Crippen molar-refractivity contribution < 1.29 is 9.53 Å². The van der Waals surface area contributed by atoms with Gasteiger partial charge in [0.2, 0.25) is 5.91 Å². The fourth-order valence-electron chi connectivity index (χ4n) is 0.343. The van der Waals surface area contributed by atoms with Crippen molar-refractivity contribution in [2.75, 3.05) is 6.73 Å². The summed E-state index contributed by atoms with van der Waals surface area (Å²) in [4.78, 5) is 10.3. The molecule has 3 heteroatoms. The Balaban J connectivity index is 3.19. The number of amides is 1. The lowest BCUT2D eigenvalue weighted by Crippen LogP contribution is -2.25. The molecule has 1 atom stereocenters. The van der Waals surface area contributed by atoms with Gasteiger partial charge in [-0.25, -0.2) is 0 Å². The Morgan fingerprint density at radius 1 is 1.90 bits per heavy atom. The highest BCUT2D eigenvalue weighted by Gasteiger charge is 1.94. The summed E-state index contributed by atoms with van der Waals surface area (Å²) in [5, 5.41) is 2.50. The van der Waals surface area contributed by atoms with E-state index in [1.54, 1.807) is 6.08 Å². The minimum Gasteiger partial charge on any atom is -0.354 e.